The van der Waals surface area contributed by atoms with Crippen LogP contribution in [0.15, 0.2) is 18.2 Å². The van der Waals surface area contributed by atoms with E-state index >= 15 is 0 Å². The number of nitro benzene ring substituents is 1. The van der Waals surface area contributed by atoms with Gasteiger partial charge in [-0.2, -0.15) is 8.78 Å². The van der Waals surface area contributed by atoms with Crippen molar-refractivity contribution in [2.45, 2.75) is 11.3 Å². The Morgan fingerprint density at radius 1 is 1.47 bits per heavy atom. The number of alkyl halides is 3. The first-order chi connectivity index (χ1) is 8.86. The molecule has 0 amide bonds. The molecule has 0 atom stereocenters. The minimum absolute atomic E-state index is 0.0880. The van der Waals surface area contributed by atoms with Gasteiger partial charge in [0.2, 0.25) is 0 Å². The first-order valence-corrected chi connectivity index (χ1v) is 6.20. The summed E-state index contributed by atoms with van der Waals surface area (Å²) in [7, 11) is 0. The summed E-state index contributed by atoms with van der Waals surface area (Å²) in [5, 5.41) is 11.3. The third-order valence-corrected chi connectivity index (χ3v) is 3.19. The highest BCUT2D eigenvalue weighted by Gasteiger charge is 2.34. The maximum Gasteiger partial charge on any atom is 0.341 e. The van der Waals surface area contributed by atoms with Crippen molar-refractivity contribution < 1.29 is 13.7 Å². The molecule has 1 aromatic carbocycles. The van der Waals surface area contributed by atoms with Gasteiger partial charge in [0.25, 0.3) is 5.69 Å². The number of aromatic amines is 1. The number of nitro groups is 1. The van der Waals surface area contributed by atoms with Gasteiger partial charge in [0.1, 0.15) is 11.2 Å². The van der Waals surface area contributed by atoms with Crippen LogP contribution in [0.3, 0.4) is 0 Å². The Morgan fingerprint density at radius 3 is 2.68 bits per heavy atom. The summed E-state index contributed by atoms with van der Waals surface area (Å²) in [6.07, 6.45) is 0.206. The molecular formula is C11H10BrF2N3O2. The molecular weight excluding hydrogens is 324 g/mol. The molecule has 0 radical (unpaired) electrons. The van der Waals surface area contributed by atoms with Crippen LogP contribution in [0.1, 0.15) is 11.3 Å². The number of aromatic nitrogens is 1. The van der Waals surface area contributed by atoms with E-state index in [1.54, 1.807) is 6.07 Å². The SMILES string of the molecule is NCCc1c(C(F)(F)Br)[nH]c2c([N+](=O)[O-])cccc12. The number of rotatable bonds is 4. The Labute approximate surface area is 115 Å². The van der Waals surface area contributed by atoms with Crippen LogP contribution >= 0.6 is 15.9 Å². The predicted octanol–water partition coefficient (Wildman–Crippen LogP) is 3.02. The molecule has 8 heteroatoms. The van der Waals surface area contributed by atoms with Crippen molar-refractivity contribution in [3.63, 3.8) is 0 Å². The third-order valence-electron chi connectivity index (χ3n) is 2.79. The fraction of sp³-hybridized carbons (Fsp3) is 0.273. The van der Waals surface area contributed by atoms with Crippen LogP contribution in [0, 0.1) is 10.1 Å². The van der Waals surface area contributed by atoms with Crippen molar-refractivity contribution in [2.75, 3.05) is 6.54 Å². The van der Waals surface area contributed by atoms with Gasteiger partial charge in [0, 0.05) is 11.5 Å². The second-order valence-electron chi connectivity index (χ2n) is 3.97. The van der Waals surface area contributed by atoms with Crippen LogP contribution in [0.4, 0.5) is 14.5 Å². The van der Waals surface area contributed by atoms with Crippen LogP contribution in [0.2, 0.25) is 0 Å². The maximum absolute atomic E-state index is 13.5. The Balaban J connectivity index is 2.80. The number of benzene rings is 1. The summed E-state index contributed by atoms with van der Waals surface area (Å²) in [4.78, 5) is 9.45. The summed E-state index contributed by atoms with van der Waals surface area (Å²) >= 11 is 2.27. The van der Waals surface area contributed by atoms with E-state index < -0.39 is 9.76 Å². The molecule has 0 aliphatic carbocycles. The third kappa shape index (κ3) is 2.45. The lowest BCUT2D eigenvalue weighted by Gasteiger charge is -2.09. The highest BCUT2D eigenvalue weighted by Crippen LogP contribution is 2.40. The highest BCUT2D eigenvalue weighted by molar-refractivity contribution is 9.09. The molecule has 5 nitrogen and oxygen atoms in total. The number of hydrogen-bond acceptors (Lipinski definition) is 3. The number of para-hydroxylation sites is 1. The maximum atomic E-state index is 13.5. The molecule has 0 aliphatic rings. The van der Waals surface area contributed by atoms with Gasteiger partial charge in [-0.3, -0.25) is 10.1 Å². The second kappa shape index (κ2) is 4.86. The largest absolute Gasteiger partial charge is 0.347 e. The van der Waals surface area contributed by atoms with E-state index in [0.29, 0.717) is 10.9 Å². The molecule has 2 rings (SSSR count). The van der Waals surface area contributed by atoms with Gasteiger partial charge in [-0.1, -0.05) is 12.1 Å². The molecule has 0 unspecified atom stereocenters. The normalized spacial score (nSPS) is 12.0. The van der Waals surface area contributed by atoms with Crippen LogP contribution in [-0.2, 0) is 11.3 Å². The van der Waals surface area contributed by atoms with Crippen molar-refractivity contribution in [3.8, 4) is 0 Å². The zero-order chi connectivity index (χ0) is 14.2. The van der Waals surface area contributed by atoms with Crippen molar-refractivity contribution in [3.05, 3.63) is 39.6 Å². The second-order valence-corrected chi connectivity index (χ2v) is 4.97. The van der Waals surface area contributed by atoms with Crippen LogP contribution in [0.5, 0.6) is 0 Å². The average Bonchev–Trinajstić information content (AvgIpc) is 2.68. The molecule has 1 aromatic heterocycles. The van der Waals surface area contributed by atoms with Crippen LogP contribution < -0.4 is 5.73 Å². The number of halogens is 3. The Hall–Kier alpha value is -1.54. The van der Waals surface area contributed by atoms with E-state index in [1.807, 2.05) is 0 Å². The van der Waals surface area contributed by atoms with Gasteiger partial charge in [-0.25, -0.2) is 0 Å². The summed E-state index contributed by atoms with van der Waals surface area (Å²) < 4.78 is 27.0. The summed E-state index contributed by atoms with van der Waals surface area (Å²) in [5.74, 6) is 0. The molecule has 0 saturated carbocycles. The minimum atomic E-state index is -3.29. The quantitative estimate of drug-likeness (QED) is 0.512. The fourth-order valence-electron chi connectivity index (χ4n) is 2.06. The van der Waals surface area contributed by atoms with E-state index in [2.05, 4.69) is 20.9 Å². The smallest absolute Gasteiger partial charge is 0.341 e. The number of non-ortho nitro benzene ring substituents is 1. The van der Waals surface area contributed by atoms with E-state index in [1.165, 1.54) is 12.1 Å². The van der Waals surface area contributed by atoms with Crippen molar-refractivity contribution >= 4 is 32.5 Å². The van der Waals surface area contributed by atoms with E-state index in [-0.39, 0.29) is 29.9 Å². The lowest BCUT2D eigenvalue weighted by Crippen LogP contribution is -2.10. The van der Waals surface area contributed by atoms with E-state index in [4.69, 9.17) is 5.73 Å². The predicted molar refractivity (Wildman–Crippen MR) is 70.5 cm³/mol. The van der Waals surface area contributed by atoms with Crippen LogP contribution in [0.25, 0.3) is 10.9 Å². The Morgan fingerprint density at radius 2 is 2.16 bits per heavy atom. The monoisotopic (exact) mass is 333 g/mol. The molecule has 0 fully saturated rings. The lowest BCUT2D eigenvalue weighted by atomic mass is 10.1. The zero-order valence-corrected chi connectivity index (χ0v) is 11.2. The molecule has 1 heterocycles. The number of H-pyrrole nitrogens is 1. The highest BCUT2D eigenvalue weighted by atomic mass is 79.9. The summed E-state index contributed by atoms with van der Waals surface area (Å²) in [6.45, 7) is 0.172. The number of nitrogens with one attached hydrogen (secondary N) is 1. The van der Waals surface area contributed by atoms with Crippen molar-refractivity contribution in [1.82, 2.24) is 4.98 Å². The van der Waals surface area contributed by atoms with Gasteiger partial charge in [0.15, 0.2) is 0 Å². The molecule has 102 valence electrons. The molecule has 19 heavy (non-hydrogen) atoms. The van der Waals surface area contributed by atoms with Gasteiger partial charge < -0.3 is 10.7 Å². The van der Waals surface area contributed by atoms with Crippen molar-refractivity contribution in [1.29, 1.82) is 0 Å². The summed E-state index contributed by atoms with van der Waals surface area (Å²) in [6, 6.07) is 4.29. The number of nitrogens with zero attached hydrogens (tertiary/aromatic N) is 1. The van der Waals surface area contributed by atoms with E-state index in [9.17, 15) is 18.9 Å². The van der Waals surface area contributed by atoms with Crippen molar-refractivity contribution in [2.24, 2.45) is 5.73 Å². The molecule has 0 saturated heterocycles. The zero-order valence-electron chi connectivity index (χ0n) is 9.62. The van der Waals surface area contributed by atoms with Gasteiger partial charge in [-0.05, 0) is 34.5 Å². The average molecular weight is 334 g/mol. The number of nitrogens with two attached hydrogens (primary N) is 1. The first-order valence-electron chi connectivity index (χ1n) is 5.41. The first kappa shape index (κ1) is 13.9. The number of hydrogen-bond donors (Lipinski definition) is 2. The number of fused-ring (bicyclic) bond motifs is 1. The standard InChI is InChI=1S/C11H10BrF2N3O2/c12-11(13,14)10-7(4-5-15)6-2-1-3-8(17(18)19)9(6)16-10/h1-3,16H,4-5,15H2. The summed E-state index contributed by atoms with van der Waals surface area (Å²) in [5.41, 5.74) is 5.17. The van der Waals surface area contributed by atoms with E-state index in [0.717, 1.165) is 0 Å². The molecule has 0 bridgehead atoms. The fourth-order valence-corrected chi connectivity index (χ4v) is 2.39. The van der Waals surface area contributed by atoms with Gasteiger partial charge in [-0.15, -0.1) is 0 Å². The lowest BCUT2D eigenvalue weighted by molar-refractivity contribution is -0.383. The van der Waals surface area contributed by atoms with Gasteiger partial charge >= 0.3 is 4.83 Å². The molecule has 2 aromatic rings. The minimum Gasteiger partial charge on any atom is -0.347 e. The molecule has 3 N–H and O–H groups in total. The van der Waals surface area contributed by atoms with Gasteiger partial charge in [0.05, 0.1) is 4.92 Å². The topological polar surface area (TPSA) is 85.0 Å². The molecule has 0 spiro atoms. The molecule has 0 aliphatic heterocycles. The Bertz CT molecular complexity index is 637. The Kier molecular flexibility index (Phi) is 3.55. The van der Waals surface area contributed by atoms with Crippen LogP contribution in [-0.4, -0.2) is 16.5 Å².